The lowest BCUT2D eigenvalue weighted by Crippen LogP contribution is -2.39. The zero-order chi connectivity index (χ0) is 24.9. The molecule has 1 N–H and O–H groups in total. The van der Waals surface area contributed by atoms with Crippen LogP contribution in [0, 0.1) is 0 Å². The number of nitrogens with zero attached hydrogens (tertiary/aromatic N) is 2. The van der Waals surface area contributed by atoms with Gasteiger partial charge in [0.2, 0.25) is 5.91 Å². The minimum Gasteiger partial charge on any atom is -0.486 e. The van der Waals surface area contributed by atoms with Crippen molar-refractivity contribution in [3.05, 3.63) is 119 Å². The monoisotopic (exact) mass is 481 g/mol. The van der Waals surface area contributed by atoms with Crippen molar-refractivity contribution >= 4 is 11.8 Å². The van der Waals surface area contributed by atoms with Crippen LogP contribution in [0.25, 0.3) is 0 Å². The average Bonchev–Trinajstić information content (AvgIpc) is 3.40. The van der Waals surface area contributed by atoms with E-state index in [2.05, 4.69) is 16.4 Å². The van der Waals surface area contributed by atoms with E-state index in [1.165, 1.54) is 5.56 Å². The zero-order valence-electron chi connectivity index (χ0n) is 20.0. The van der Waals surface area contributed by atoms with Gasteiger partial charge in [-0.1, -0.05) is 36.4 Å². The number of hydrogen-bond acceptors (Lipinski definition) is 5. The van der Waals surface area contributed by atoms with Gasteiger partial charge in [-0.25, -0.2) is 0 Å². The molecule has 0 radical (unpaired) electrons. The number of furan rings is 1. The first-order valence-corrected chi connectivity index (χ1v) is 11.9. The molecule has 4 aromatic rings. The molecule has 2 amide bonds. The summed E-state index contributed by atoms with van der Waals surface area (Å²) < 4.78 is 11.7. The first kappa shape index (κ1) is 23.4. The molecule has 182 valence electrons. The Bertz CT molecular complexity index is 1350. The molecule has 7 heteroatoms. The summed E-state index contributed by atoms with van der Waals surface area (Å²) in [5.74, 6) is 1.22. The van der Waals surface area contributed by atoms with Crippen molar-refractivity contribution in [2.75, 3.05) is 6.54 Å². The highest BCUT2D eigenvalue weighted by Crippen LogP contribution is 2.37. The highest BCUT2D eigenvalue weighted by molar-refractivity contribution is 5.91. The Morgan fingerprint density at radius 2 is 1.86 bits per heavy atom. The van der Waals surface area contributed by atoms with Crippen molar-refractivity contribution in [1.82, 2.24) is 15.2 Å². The Kier molecular flexibility index (Phi) is 6.80. The number of aromatic nitrogens is 1. The van der Waals surface area contributed by atoms with E-state index in [4.69, 9.17) is 9.15 Å². The number of rotatable bonds is 7. The molecule has 1 atom stereocenters. The molecule has 0 fully saturated rings. The SMILES string of the molecule is CC(=O)N1CCc2ccc(OCc3ccc(C(=O)NCc4ccncc4)o3)cc2C1c1ccccc1. The van der Waals surface area contributed by atoms with Crippen LogP contribution in [-0.4, -0.2) is 28.2 Å². The van der Waals surface area contributed by atoms with Crippen molar-refractivity contribution in [3.8, 4) is 5.75 Å². The predicted octanol–water partition coefficient (Wildman–Crippen LogP) is 4.68. The van der Waals surface area contributed by atoms with Crippen LogP contribution in [0.4, 0.5) is 0 Å². The van der Waals surface area contributed by atoms with E-state index in [0.29, 0.717) is 24.6 Å². The van der Waals surface area contributed by atoms with Crippen LogP contribution in [0.3, 0.4) is 0 Å². The molecule has 3 heterocycles. The Labute approximate surface area is 209 Å². The van der Waals surface area contributed by atoms with Crippen LogP contribution < -0.4 is 10.1 Å². The third-order valence-corrected chi connectivity index (χ3v) is 6.33. The molecule has 0 aliphatic carbocycles. The van der Waals surface area contributed by atoms with Gasteiger partial charge in [-0.3, -0.25) is 14.6 Å². The standard InChI is InChI=1S/C29H27N3O4/c1-20(33)32-16-13-22-7-8-24(17-26(22)28(32)23-5-3-2-4-6-23)35-19-25-9-10-27(36-25)29(34)31-18-21-11-14-30-15-12-21/h2-12,14-15,17,28H,13,16,18-19H2,1H3,(H,31,34). The van der Waals surface area contributed by atoms with Crippen molar-refractivity contribution in [2.24, 2.45) is 0 Å². The lowest BCUT2D eigenvalue weighted by atomic mass is 9.88. The maximum atomic E-state index is 12.4. The normalized spacial score (nSPS) is 14.7. The van der Waals surface area contributed by atoms with Gasteiger partial charge in [-0.2, -0.15) is 0 Å². The number of benzene rings is 2. The van der Waals surface area contributed by atoms with E-state index in [1.54, 1.807) is 31.5 Å². The molecular formula is C29H27N3O4. The van der Waals surface area contributed by atoms with Crippen molar-refractivity contribution in [3.63, 3.8) is 0 Å². The third-order valence-electron chi connectivity index (χ3n) is 6.33. The maximum absolute atomic E-state index is 12.4. The number of ether oxygens (including phenoxy) is 1. The summed E-state index contributed by atoms with van der Waals surface area (Å²) in [5.41, 5.74) is 4.30. The Hall–Kier alpha value is -4.39. The largest absolute Gasteiger partial charge is 0.486 e. The molecule has 2 aromatic carbocycles. The van der Waals surface area contributed by atoms with E-state index in [1.807, 2.05) is 59.5 Å². The maximum Gasteiger partial charge on any atom is 0.287 e. The summed E-state index contributed by atoms with van der Waals surface area (Å²) >= 11 is 0. The molecule has 5 rings (SSSR count). The lowest BCUT2D eigenvalue weighted by Gasteiger charge is -2.37. The number of fused-ring (bicyclic) bond motifs is 1. The summed E-state index contributed by atoms with van der Waals surface area (Å²) in [5, 5.41) is 2.84. The molecule has 1 aliphatic heterocycles. The summed E-state index contributed by atoms with van der Waals surface area (Å²) in [4.78, 5) is 30.7. The molecule has 7 nitrogen and oxygen atoms in total. The number of carbonyl (C=O) groups is 2. The topological polar surface area (TPSA) is 84.7 Å². The number of amides is 2. The minimum absolute atomic E-state index is 0.0474. The zero-order valence-corrected chi connectivity index (χ0v) is 20.0. The van der Waals surface area contributed by atoms with Crippen LogP contribution in [0.5, 0.6) is 5.75 Å². The first-order valence-electron chi connectivity index (χ1n) is 11.9. The van der Waals surface area contributed by atoms with E-state index in [-0.39, 0.29) is 30.2 Å². The molecule has 0 saturated carbocycles. The Balaban J connectivity index is 1.28. The second-order valence-corrected chi connectivity index (χ2v) is 8.73. The van der Waals surface area contributed by atoms with Gasteiger partial charge >= 0.3 is 0 Å². The van der Waals surface area contributed by atoms with Gasteiger partial charge in [0.15, 0.2) is 5.76 Å². The number of hydrogen-bond donors (Lipinski definition) is 1. The highest BCUT2D eigenvalue weighted by atomic mass is 16.5. The molecule has 1 unspecified atom stereocenters. The highest BCUT2D eigenvalue weighted by Gasteiger charge is 2.30. The van der Waals surface area contributed by atoms with Gasteiger partial charge in [-0.15, -0.1) is 0 Å². The van der Waals surface area contributed by atoms with Crippen LogP contribution in [0.2, 0.25) is 0 Å². The fraction of sp³-hybridized carbons (Fsp3) is 0.207. The second-order valence-electron chi connectivity index (χ2n) is 8.73. The van der Waals surface area contributed by atoms with Crippen LogP contribution in [0.15, 0.2) is 89.6 Å². The molecular weight excluding hydrogens is 454 g/mol. The predicted molar refractivity (Wildman–Crippen MR) is 134 cm³/mol. The van der Waals surface area contributed by atoms with Crippen molar-refractivity contribution < 1.29 is 18.7 Å². The van der Waals surface area contributed by atoms with Crippen LogP contribution in [0.1, 0.15) is 51.5 Å². The van der Waals surface area contributed by atoms with E-state index in [0.717, 1.165) is 23.1 Å². The van der Waals surface area contributed by atoms with Crippen LogP contribution in [-0.2, 0) is 24.4 Å². The summed E-state index contributed by atoms with van der Waals surface area (Å²) in [6.07, 6.45) is 4.17. The summed E-state index contributed by atoms with van der Waals surface area (Å²) in [6.45, 7) is 2.87. The molecule has 36 heavy (non-hydrogen) atoms. The molecule has 2 aromatic heterocycles. The van der Waals surface area contributed by atoms with E-state index < -0.39 is 0 Å². The van der Waals surface area contributed by atoms with Gasteiger partial charge in [-0.05, 0) is 65.1 Å². The number of pyridine rings is 1. The quantitative estimate of drug-likeness (QED) is 0.414. The third kappa shape index (κ3) is 5.15. The van der Waals surface area contributed by atoms with Crippen molar-refractivity contribution in [1.29, 1.82) is 0 Å². The second kappa shape index (κ2) is 10.5. The Morgan fingerprint density at radius 3 is 2.64 bits per heavy atom. The van der Waals surface area contributed by atoms with E-state index >= 15 is 0 Å². The fourth-order valence-electron chi connectivity index (χ4n) is 4.52. The van der Waals surface area contributed by atoms with E-state index in [9.17, 15) is 9.59 Å². The first-order chi connectivity index (χ1) is 17.6. The average molecular weight is 482 g/mol. The van der Waals surface area contributed by atoms with Crippen LogP contribution >= 0.6 is 0 Å². The van der Waals surface area contributed by atoms with Gasteiger partial charge in [0.05, 0.1) is 6.04 Å². The van der Waals surface area contributed by atoms with Gasteiger partial charge < -0.3 is 19.4 Å². The van der Waals surface area contributed by atoms with Gasteiger partial charge in [0.1, 0.15) is 18.1 Å². The minimum atomic E-state index is -0.290. The molecule has 0 bridgehead atoms. The summed E-state index contributed by atoms with van der Waals surface area (Å²) in [7, 11) is 0. The molecule has 0 spiro atoms. The van der Waals surface area contributed by atoms with Crippen molar-refractivity contribution in [2.45, 2.75) is 32.5 Å². The number of carbonyl (C=O) groups excluding carboxylic acids is 2. The Morgan fingerprint density at radius 1 is 1.06 bits per heavy atom. The lowest BCUT2D eigenvalue weighted by molar-refractivity contribution is -0.130. The molecule has 1 aliphatic rings. The summed E-state index contributed by atoms with van der Waals surface area (Å²) in [6, 6.07) is 23.0. The smallest absolute Gasteiger partial charge is 0.287 e. The molecule has 0 saturated heterocycles. The van der Waals surface area contributed by atoms with Gasteiger partial charge in [0.25, 0.3) is 5.91 Å². The fourth-order valence-corrected chi connectivity index (χ4v) is 4.52. The number of nitrogens with one attached hydrogen (secondary N) is 1. The van der Waals surface area contributed by atoms with Gasteiger partial charge in [0, 0.05) is 32.4 Å².